The van der Waals surface area contributed by atoms with Crippen LogP contribution in [0.5, 0.6) is 0 Å². The molecule has 1 aromatic rings. The van der Waals surface area contributed by atoms with Crippen molar-refractivity contribution in [2.45, 2.75) is 38.6 Å². The molecule has 0 spiro atoms. The molecule has 118 valence electrons. The number of hydrogen-bond donors (Lipinski definition) is 1. The first kappa shape index (κ1) is 16.3. The second-order valence-corrected chi connectivity index (χ2v) is 5.59. The molecule has 1 saturated heterocycles. The highest BCUT2D eigenvalue weighted by Crippen LogP contribution is 2.30. The molecule has 1 aliphatic heterocycles. The predicted molar refractivity (Wildman–Crippen MR) is 77.6 cm³/mol. The lowest BCUT2D eigenvalue weighted by atomic mass is 9.97. The first-order valence-electron chi connectivity index (χ1n) is 7.72. The van der Waals surface area contributed by atoms with E-state index in [0.717, 1.165) is 57.9 Å². The molecule has 1 aliphatic rings. The van der Waals surface area contributed by atoms with Crippen molar-refractivity contribution in [3.05, 3.63) is 35.1 Å². The van der Waals surface area contributed by atoms with Crippen LogP contribution in [0.2, 0.25) is 0 Å². The molecule has 2 nitrogen and oxygen atoms in total. The Labute approximate surface area is 124 Å². The van der Waals surface area contributed by atoms with Crippen LogP contribution in [-0.4, -0.2) is 31.1 Å². The zero-order chi connectivity index (χ0) is 15.2. The summed E-state index contributed by atoms with van der Waals surface area (Å²) in [6.07, 6.45) is 3.77. The topological polar surface area (TPSA) is 15.3 Å². The van der Waals surface area contributed by atoms with E-state index in [2.05, 4.69) is 17.1 Å². The number of unbranched alkanes of at least 4 members (excludes halogenated alkanes) is 2. The number of nitrogens with zero attached hydrogens (tertiary/aromatic N) is 1. The average Bonchev–Trinajstić information content (AvgIpc) is 2.49. The van der Waals surface area contributed by atoms with Crippen molar-refractivity contribution in [1.82, 2.24) is 10.2 Å². The zero-order valence-corrected chi connectivity index (χ0v) is 12.5. The number of nitrogens with one attached hydrogen (secondary N) is 1. The summed E-state index contributed by atoms with van der Waals surface area (Å²) in [6.45, 7) is 5.29. The van der Waals surface area contributed by atoms with Gasteiger partial charge >= 0.3 is 0 Å². The molecule has 0 amide bonds. The fourth-order valence-electron chi connectivity index (χ4n) is 2.93. The maximum Gasteiger partial charge on any atom is 0.163 e. The van der Waals surface area contributed by atoms with Crippen molar-refractivity contribution in [2.24, 2.45) is 0 Å². The Balaban J connectivity index is 2.24. The molecule has 2 rings (SSSR count). The minimum Gasteiger partial charge on any atom is -0.314 e. The summed E-state index contributed by atoms with van der Waals surface area (Å²) in [5, 5.41) is 3.24. The Bertz CT molecular complexity index is 459. The fraction of sp³-hybridized carbons (Fsp3) is 0.625. The van der Waals surface area contributed by atoms with Gasteiger partial charge in [0.05, 0.1) is 0 Å². The quantitative estimate of drug-likeness (QED) is 0.637. The third kappa shape index (κ3) is 4.20. The van der Waals surface area contributed by atoms with Gasteiger partial charge in [0.2, 0.25) is 0 Å². The van der Waals surface area contributed by atoms with Crippen LogP contribution < -0.4 is 5.32 Å². The van der Waals surface area contributed by atoms with Gasteiger partial charge in [0.15, 0.2) is 11.6 Å². The van der Waals surface area contributed by atoms with E-state index in [9.17, 15) is 13.2 Å². The summed E-state index contributed by atoms with van der Waals surface area (Å²) >= 11 is 0. The first-order chi connectivity index (χ1) is 10.1. The standard InChI is InChI=1S/C16H23F3N2/c1-2-3-4-5-15(21-8-6-20-7-9-21)13-10-12(17)11-14(18)16(13)19/h10-11,15,20H,2-9H2,1H3/t15-/m1/s1. The van der Waals surface area contributed by atoms with Gasteiger partial charge in [-0.1, -0.05) is 26.2 Å². The van der Waals surface area contributed by atoms with Gasteiger partial charge in [-0.05, 0) is 12.5 Å². The van der Waals surface area contributed by atoms with E-state index in [0.29, 0.717) is 6.07 Å². The molecule has 1 fully saturated rings. The monoisotopic (exact) mass is 300 g/mol. The molecular weight excluding hydrogens is 277 g/mol. The molecule has 1 heterocycles. The Morgan fingerprint density at radius 2 is 1.86 bits per heavy atom. The molecule has 0 radical (unpaired) electrons. The highest BCUT2D eigenvalue weighted by Gasteiger charge is 2.26. The molecule has 0 saturated carbocycles. The number of piperazine rings is 1. The number of rotatable bonds is 6. The van der Waals surface area contributed by atoms with Crippen molar-refractivity contribution in [1.29, 1.82) is 0 Å². The van der Waals surface area contributed by atoms with Crippen molar-refractivity contribution in [3.8, 4) is 0 Å². The summed E-state index contributed by atoms with van der Waals surface area (Å²) in [4.78, 5) is 2.13. The van der Waals surface area contributed by atoms with E-state index in [1.165, 1.54) is 0 Å². The molecule has 5 heteroatoms. The number of benzene rings is 1. The molecule has 0 bridgehead atoms. The van der Waals surface area contributed by atoms with Crippen LogP contribution in [0.25, 0.3) is 0 Å². The second kappa shape index (κ2) is 7.80. The smallest absolute Gasteiger partial charge is 0.163 e. The van der Waals surface area contributed by atoms with Gasteiger partial charge in [-0.3, -0.25) is 4.90 Å². The van der Waals surface area contributed by atoms with Gasteiger partial charge in [-0.2, -0.15) is 0 Å². The van der Waals surface area contributed by atoms with Crippen LogP contribution in [-0.2, 0) is 0 Å². The lowest BCUT2D eigenvalue weighted by Crippen LogP contribution is -2.45. The van der Waals surface area contributed by atoms with Gasteiger partial charge in [0, 0.05) is 43.9 Å². The second-order valence-electron chi connectivity index (χ2n) is 5.59. The Hall–Kier alpha value is -1.07. The SMILES string of the molecule is CCCCC[C@H](c1cc(F)cc(F)c1F)N1CCNCC1. The predicted octanol–water partition coefficient (Wildman–Crippen LogP) is 3.63. The third-order valence-electron chi connectivity index (χ3n) is 4.05. The van der Waals surface area contributed by atoms with Crippen LogP contribution in [0, 0.1) is 17.5 Å². The summed E-state index contributed by atoms with van der Waals surface area (Å²) < 4.78 is 41.1. The lowest BCUT2D eigenvalue weighted by Gasteiger charge is -2.35. The summed E-state index contributed by atoms with van der Waals surface area (Å²) in [7, 11) is 0. The van der Waals surface area contributed by atoms with Gasteiger partial charge in [0.1, 0.15) is 5.82 Å². The lowest BCUT2D eigenvalue weighted by molar-refractivity contribution is 0.158. The molecule has 1 N–H and O–H groups in total. The van der Waals surface area contributed by atoms with E-state index >= 15 is 0 Å². The number of hydrogen-bond acceptors (Lipinski definition) is 2. The van der Waals surface area contributed by atoms with E-state index < -0.39 is 17.5 Å². The van der Waals surface area contributed by atoms with Crippen LogP contribution in [0.15, 0.2) is 12.1 Å². The van der Waals surface area contributed by atoms with Crippen LogP contribution in [0.4, 0.5) is 13.2 Å². The third-order valence-corrected chi connectivity index (χ3v) is 4.05. The van der Waals surface area contributed by atoms with Gasteiger partial charge in [-0.25, -0.2) is 13.2 Å². The van der Waals surface area contributed by atoms with Crippen molar-refractivity contribution < 1.29 is 13.2 Å². The van der Waals surface area contributed by atoms with Gasteiger partial charge in [0.25, 0.3) is 0 Å². The largest absolute Gasteiger partial charge is 0.314 e. The minimum atomic E-state index is -1.10. The van der Waals surface area contributed by atoms with E-state index in [1.54, 1.807) is 0 Å². The Kier molecular flexibility index (Phi) is 6.06. The van der Waals surface area contributed by atoms with Gasteiger partial charge in [-0.15, -0.1) is 0 Å². The summed E-state index contributed by atoms with van der Waals surface area (Å²) in [6, 6.07) is 1.51. The van der Waals surface area contributed by atoms with Crippen molar-refractivity contribution in [2.75, 3.05) is 26.2 Å². The average molecular weight is 300 g/mol. The minimum absolute atomic E-state index is 0.158. The van der Waals surface area contributed by atoms with Crippen LogP contribution in [0.1, 0.15) is 44.2 Å². The van der Waals surface area contributed by atoms with Gasteiger partial charge < -0.3 is 5.32 Å². The van der Waals surface area contributed by atoms with E-state index in [-0.39, 0.29) is 11.6 Å². The zero-order valence-electron chi connectivity index (χ0n) is 12.5. The summed E-state index contributed by atoms with van der Waals surface area (Å²) in [5.41, 5.74) is 0.158. The molecule has 1 atom stereocenters. The Morgan fingerprint density at radius 1 is 1.14 bits per heavy atom. The molecular formula is C16H23F3N2. The molecule has 0 aliphatic carbocycles. The maximum absolute atomic E-state index is 14.1. The highest BCUT2D eigenvalue weighted by atomic mass is 19.2. The first-order valence-corrected chi connectivity index (χ1v) is 7.72. The normalized spacial score (nSPS) is 17.9. The molecule has 0 unspecified atom stereocenters. The van der Waals surface area contributed by atoms with Crippen molar-refractivity contribution in [3.63, 3.8) is 0 Å². The van der Waals surface area contributed by atoms with Crippen LogP contribution in [0.3, 0.4) is 0 Å². The Morgan fingerprint density at radius 3 is 2.52 bits per heavy atom. The molecule has 21 heavy (non-hydrogen) atoms. The van der Waals surface area contributed by atoms with E-state index in [4.69, 9.17) is 0 Å². The maximum atomic E-state index is 14.1. The molecule has 1 aromatic carbocycles. The highest BCUT2D eigenvalue weighted by molar-refractivity contribution is 5.24. The molecule has 0 aromatic heterocycles. The summed E-state index contributed by atoms with van der Waals surface area (Å²) in [5.74, 6) is -2.71. The van der Waals surface area contributed by atoms with E-state index in [1.807, 2.05) is 0 Å². The van der Waals surface area contributed by atoms with Crippen molar-refractivity contribution >= 4 is 0 Å². The number of halogens is 3. The van der Waals surface area contributed by atoms with Crippen LogP contribution >= 0.6 is 0 Å². The fourth-order valence-corrected chi connectivity index (χ4v) is 2.93.